The Kier molecular flexibility index (Phi) is 6.80. The van der Waals surface area contributed by atoms with Gasteiger partial charge in [-0.15, -0.1) is 0 Å². The van der Waals surface area contributed by atoms with Crippen LogP contribution in [0.3, 0.4) is 0 Å². The van der Waals surface area contributed by atoms with Crippen molar-refractivity contribution in [2.45, 2.75) is 26.4 Å². The zero-order valence-corrected chi connectivity index (χ0v) is 16.3. The summed E-state index contributed by atoms with van der Waals surface area (Å²) in [6.45, 7) is 2.79. The summed E-state index contributed by atoms with van der Waals surface area (Å²) >= 11 is 0. The van der Waals surface area contributed by atoms with Gasteiger partial charge in [-0.25, -0.2) is 8.42 Å². The number of carbonyl (C=O) groups excluding carboxylic acids is 1. The molecule has 0 saturated heterocycles. The quantitative estimate of drug-likeness (QED) is 0.712. The largest absolute Gasteiger partial charge is 0.496 e. The first-order valence-corrected chi connectivity index (χ1v) is 10.5. The van der Waals surface area contributed by atoms with Gasteiger partial charge in [-0.3, -0.25) is 4.79 Å². The lowest BCUT2D eigenvalue weighted by molar-refractivity contribution is -0.132. The zero-order chi connectivity index (χ0) is 19.2. The van der Waals surface area contributed by atoms with Crippen LogP contribution in [0.4, 0.5) is 0 Å². The molecule has 2 aromatic carbocycles. The molecule has 26 heavy (non-hydrogen) atoms. The minimum absolute atomic E-state index is 0.0279. The Morgan fingerprint density at radius 3 is 2.31 bits per heavy atom. The molecule has 2 rings (SSSR count). The van der Waals surface area contributed by atoms with Crippen LogP contribution in [0.25, 0.3) is 0 Å². The average Bonchev–Trinajstić information content (AvgIpc) is 2.60. The molecule has 1 amide bonds. The number of methoxy groups -OCH3 is 1. The average molecular weight is 375 g/mol. The Morgan fingerprint density at radius 1 is 1.04 bits per heavy atom. The molecule has 5 nitrogen and oxygen atoms in total. The van der Waals surface area contributed by atoms with Crippen molar-refractivity contribution in [3.8, 4) is 5.75 Å². The van der Waals surface area contributed by atoms with E-state index in [0.717, 1.165) is 22.9 Å². The monoisotopic (exact) mass is 375 g/mol. The molecule has 0 bridgehead atoms. The topological polar surface area (TPSA) is 63.7 Å². The van der Waals surface area contributed by atoms with Crippen molar-refractivity contribution in [2.24, 2.45) is 0 Å². The van der Waals surface area contributed by atoms with E-state index in [1.54, 1.807) is 12.0 Å². The molecular weight excluding hydrogens is 350 g/mol. The molecule has 0 saturated carbocycles. The maximum absolute atomic E-state index is 12.7. The summed E-state index contributed by atoms with van der Waals surface area (Å²) in [7, 11) is -1.60. The fourth-order valence-corrected chi connectivity index (χ4v) is 3.16. The highest BCUT2D eigenvalue weighted by atomic mass is 32.2. The second-order valence-electron chi connectivity index (χ2n) is 6.43. The number of hydrogen-bond donors (Lipinski definition) is 0. The van der Waals surface area contributed by atoms with Gasteiger partial charge in [0.25, 0.3) is 0 Å². The molecule has 0 N–H and O–H groups in total. The predicted molar refractivity (Wildman–Crippen MR) is 103 cm³/mol. The van der Waals surface area contributed by atoms with Crippen LogP contribution in [0.15, 0.2) is 48.5 Å². The summed E-state index contributed by atoms with van der Waals surface area (Å²) < 4.78 is 28.2. The van der Waals surface area contributed by atoms with Crippen molar-refractivity contribution in [1.29, 1.82) is 0 Å². The van der Waals surface area contributed by atoms with Crippen molar-refractivity contribution in [2.75, 3.05) is 19.1 Å². The normalized spacial score (nSPS) is 11.2. The van der Waals surface area contributed by atoms with Crippen LogP contribution in [0.1, 0.15) is 23.1 Å². The molecule has 0 aromatic heterocycles. The van der Waals surface area contributed by atoms with Crippen LogP contribution in [0.5, 0.6) is 5.75 Å². The maximum Gasteiger partial charge on any atom is 0.224 e. The molecular formula is C20H25NO4S. The molecule has 0 unspecified atom stereocenters. The van der Waals surface area contributed by atoms with Crippen molar-refractivity contribution < 1.29 is 17.9 Å². The van der Waals surface area contributed by atoms with E-state index in [1.165, 1.54) is 0 Å². The second kappa shape index (κ2) is 8.85. The zero-order valence-electron chi connectivity index (χ0n) is 15.4. The summed E-state index contributed by atoms with van der Waals surface area (Å²) in [4.78, 5) is 14.4. The minimum atomic E-state index is -3.19. The van der Waals surface area contributed by atoms with Gasteiger partial charge in [-0.1, -0.05) is 48.0 Å². The predicted octanol–water partition coefficient (Wildman–Crippen LogP) is 2.97. The van der Waals surface area contributed by atoms with Gasteiger partial charge in [0, 0.05) is 31.3 Å². The van der Waals surface area contributed by atoms with E-state index < -0.39 is 9.84 Å². The van der Waals surface area contributed by atoms with Crippen LogP contribution in [-0.2, 0) is 27.7 Å². The van der Waals surface area contributed by atoms with E-state index in [9.17, 15) is 13.2 Å². The van der Waals surface area contributed by atoms with Gasteiger partial charge in [-0.05, 0) is 18.6 Å². The van der Waals surface area contributed by atoms with Crippen molar-refractivity contribution >= 4 is 15.7 Å². The number of sulfone groups is 1. The van der Waals surface area contributed by atoms with Crippen LogP contribution < -0.4 is 4.74 Å². The maximum atomic E-state index is 12.7. The summed E-state index contributed by atoms with van der Waals surface area (Å²) in [6, 6.07) is 15.5. The molecule has 0 atom stereocenters. The number of hydrogen-bond acceptors (Lipinski definition) is 4. The molecule has 6 heteroatoms. The number of para-hydroxylation sites is 1. The number of aryl methyl sites for hydroxylation is 1. The summed E-state index contributed by atoms with van der Waals surface area (Å²) in [5, 5.41) is 0. The van der Waals surface area contributed by atoms with Gasteiger partial charge in [0.2, 0.25) is 5.91 Å². The fourth-order valence-electron chi connectivity index (χ4n) is 2.62. The van der Waals surface area contributed by atoms with E-state index in [4.69, 9.17) is 4.74 Å². The van der Waals surface area contributed by atoms with Crippen molar-refractivity contribution in [1.82, 2.24) is 4.90 Å². The molecule has 0 aliphatic heterocycles. The minimum Gasteiger partial charge on any atom is -0.496 e. The van der Waals surface area contributed by atoms with Crippen LogP contribution in [0, 0.1) is 6.92 Å². The van der Waals surface area contributed by atoms with E-state index in [2.05, 4.69) is 0 Å². The molecule has 2 aromatic rings. The Morgan fingerprint density at radius 2 is 1.69 bits per heavy atom. The van der Waals surface area contributed by atoms with Gasteiger partial charge >= 0.3 is 0 Å². The number of ether oxygens (including phenoxy) is 1. The molecule has 0 spiro atoms. The lowest BCUT2D eigenvalue weighted by Gasteiger charge is -2.24. The highest BCUT2D eigenvalue weighted by molar-refractivity contribution is 7.90. The van der Waals surface area contributed by atoms with Crippen LogP contribution in [-0.4, -0.2) is 38.3 Å². The highest BCUT2D eigenvalue weighted by Gasteiger charge is 2.18. The summed E-state index contributed by atoms with van der Waals surface area (Å²) in [5.74, 6) is 0.363. The standard InChI is InChI=1S/C20H25NO4S/c1-16-8-10-17(11-9-16)14-21(20(22)12-13-26(3,23)24)15-18-6-4-5-7-19(18)25-2/h4-11H,12-15H2,1-3H3. The third-order valence-electron chi connectivity index (χ3n) is 4.09. The lowest BCUT2D eigenvalue weighted by atomic mass is 10.1. The van der Waals surface area contributed by atoms with E-state index in [0.29, 0.717) is 18.8 Å². The van der Waals surface area contributed by atoms with E-state index in [-0.39, 0.29) is 18.1 Å². The smallest absolute Gasteiger partial charge is 0.224 e. The number of rotatable bonds is 8. The molecule has 0 aliphatic carbocycles. The number of benzene rings is 2. The molecule has 0 fully saturated rings. The first kappa shape index (κ1) is 20.0. The third-order valence-corrected chi connectivity index (χ3v) is 5.03. The Bertz CT molecular complexity index is 844. The third kappa shape index (κ3) is 6.19. The number of nitrogens with zero attached hydrogens (tertiary/aromatic N) is 1. The number of carbonyl (C=O) groups is 1. The van der Waals surface area contributed by atoms with Gasteiger partial charge in [-0.2, -0.15) is 0 Å². The van der Waals surface area contributed by atoms with Crippen LogP contribution in [0.2, 0.25) is 0 Å². The molecule has 0 heterocycles. The van der Waals surface area contributed by atoms with Gasteiger partial charge < -0.3 is 9.64 Å². The van der Waals surface area contributed by atoms with Crippen molar-refractivity contribution in [3.05, 3.63) is 65.2 Å². The Hall–Kier alpha value is -2.34. The first-order valence-electron chi connectivity index (χ1n) is 8.41. The Labute approximate surface area is 155 Å². The van der Waals surface area contributed by atoms with E-state index >= 15 is 0 Å². The fraction of sp³-hybridized carbons (Fsp3) is 0.350. The molecule has 140 valence electrons. The SMILES string of the molecule is COc1ccccc1CN(Cc1ccc(C)cc1)C(=O)CCS(C)(=O)=O. The first-order chi connectivity index (χ1) is 12.3. The second-order valence-corrected chi connectivity index (χ2v) is 8.69. The van der Waals surface area contributed by atoms with Crippen molar-refractivity contribution in [3.63, 3.8) is 0 Å². The molecule has 0 aliphatic rings. The summed E-state index contributed by atoms with van der Waals surface area (Å²) in [6.07, 6.45) is 1.12. The highest BCUT2D eigenvalue weighted by Crippen LogP contribution is 2.21. The van der Waals surface area contributed by atoms with E-state index in [1.807, 2.05) is 55.5 Å². The number of amides is 1. The van der Waals surface area contributed by atoms with Gasteiger partial charge in [0.1, 0.15) is 15.6 Å². The Balaban J connectivity index is 2.22. The molecule has 0 radical (unpaired) electrons. The van der Waals surface area contributed by atoms with Crippen LogP contribution >= 0.6 is 0 Å². The van der Waals surface area contributed by atoms with Gasteiger partial charge in [0.15, 0.2) is 0 Å². The summed E-state index contributed by atoms with van der Waals surface area (Å²) in [5.41, 5.74) is 3.03. The lowest BCUT2D eigenvalue weighted by Crippen LogP contribution is -2.31. The van der Waals surface area contributed by atoms with Gasteiger partial charge in [0.05, 0.1) is 12.9 Å².